The first-order valence-corrected chi connectivity index (χ1v) is 11.3. The zero-order valence-corrected chi connectivity index (χ0v) is 19.0. The SMILES string of the molecule is COc1ccccc1C1=C(N2CCCCC2)C(=O)N(c2ccc(OCC(C)C)cc2)C1=O. The van der Waals surface area contributed by atoms with Crippen molar-refractivity contribution in [2.24, 2.45) is 5.92 Å². The molecule has 2 aliphatic heterocycles. The Labute approximate surface area is 189 Å². The van der Waals surface area contributed by atoms with Gasteiger partial charge in [0.2, 0.25) is 0 Å². The minimum atomic E-state index is -0.323. The van der Waals surface area contributed by atoms with E-state index in [1.165, 1.54) is 4.90 Å². The lowest BCUT2D eigenvalue weighted by Crippen LogP contribution is -2.37. The van der Waals surface area contributed by atoms with Crippen LogP contribution < -0.4 is 14.4 Å². The Morgan fingerprint density at radius 3 is 2.25 bits per heavy atom. The van der Waals surface area contributed by atoms with Crippen LogP contribution in [0.2, 0.25) is 0 Å². The summed E-state index contributed by atoms with van der Waals surface area (Å²) in [4.78, 5) is 30.6. The van der Waals surface area contributed by atoms with Crippen LogP contribution in [0.1, 0.15) is 38.7 Å². The van der Waals surface area contributed by atoms with E-state index in [9.17, 15) is 9.59 Å². The highest BCUT2D eigenvalue weighted by Gasteiger charge is 2.43. The number of nitrogens with zero attached hydrogens (tertiary/aromatic N) is 2. The van der Waals surface area contributed by atoms with Gasteiger partial charge in [0, 0.05) is 18.7 Å². The van der Waals surface area contributed by atoms with Gasteiger partial charge in [-0.15, -0.1) is 0 Å². The van der Waals surface area contributed by atoms with Crippen molar-refractivity contribution < 1.29 is 19.1 Å². The van der Waals surface area contributed by atoms with Crippen LogP contribution in [0.5, 0.6) is 11.5 Å². The highest BCUT2D eigenvalue weighted by molar-refractivity contribution is 6.45. The zero-order chi connectivity index (χ0) is 22.7. The number of piperidine rings is 1. The lowest BCUT2D eigenvalue weighted by molar-refractivity contribution is -0.120. The quantitative estimate of drug-likeness (QED) is 0.601. The molecule has 4 rings (SSSR count). The van der Waals surface area contributed by atoms with Crippen LogP contribution >= 0.6 is 0 Å². The van der Waals surface area contributed by atoms with Gasteiger partial charge in [-0.05, 0) is 55.5 Å². The van der Waals surface area contributed by atoms with Crippen molar-refractivity contribution in [3.05, 3.63) is 59.8 Å². The second-order valence-electron chi connectivity index (χ2n) is 8.62. The van der Waals surface area contributed by atoms with Crippen LogP contribution in [0.4, 0.5) is 5.69 Å². The molecule has 2 aromatic rings. The minimum Gasteiger partial charge on any atom is -0.496 e. The minimum absolute atomic E-state index is 0.284. The van der Waals surface area contributed by atoms with Crippen LogP contribution in [0.15, 0.2) is 54.2 Å². The first-order chi connectivity index (χ1) is 15.5. The summed E-state index contributed by atoms with van der Waals surface area (Å²) in [6.45, 7) is 6.32. The fourth-order valence-electron chi connectivity index (χ4n) is 4.21. The Morgan fingerprint density at radius 1 is 0.906 bits per heavy atom. The van der Waals surface area contributed by atoms with Crippen molar-refractivity contribution in [2.45, 2.75) is 33.1 Å². The summed E-state index contributed by atoms with van der Waals surface area (Å²) in [7, 11) is 1.58. The maximum Gasteiger partial charge on any atom is 0.282 e. The van der Waals surface area contributed by atoms with E-state index in [1.54, 1.807) is 31.4 Å². The van der Waals surface area contributed by atoms with Gasteiger partial charge in [0.1, 0.15) is 17.2 Å². The molecule has 0 atom stereocenters. The molecule has 0 saturated carbocycles. The van der Waals surface area contributed by atoms with Gasteiger partial charge in [-0.1, -0.05) is 32.0 Å². The summed E-state index contributed by atoms with van der Waals surface area (Å²) in [5.74, 6) is 1.11. The predicted molar refractivity (Wildman–Crippen MR) is 125 cm³/mol. The number of hydrogen-bond donors (Lipinski definition) is 0. The van der Waals surface area contributed by atoms with E-state index in [-0.39, 0.29) is 11.8 Å². The predicted octanol–water partition coefficient (Wildman–Crippen LogP) is 4.50. The van der Waals surface area contributed by atoms with E-state index in [1.807, 2.05) is 24.3 Å². The number of amides is 2. The molecule has 6 heteroatoms. The molecule has 2 heterocycles. The number of anilines is 1. The lowest BCUT2D eigenvalue weighted by Gasteiger charge is -2.29. The molecule has 0 N–H and O–H groups in total. The van der Waals surface area contributed by atoms with Crippen molar-refractivity contribution in [3.63, 3.8) is 0 Å². The molecule has 1 saturated heterocycles. The molecule has 0 bridgehead atoms. The maximum absolute atomic E-state index is 13.7. The molecular weight excluding hydrogens is 404 g/mol. The number of methoxy groups -OCH3 is 1. The molecule has 0 unspecified atom stereocenters. The summed E-state index contributed by atoms with van der Waals surface area (Å²) >= 11 is 0. The number of para-hydroxylation sites is 1. The third-order valence-corrected chi connectivity index (χ3v) is 5.79. The Kier molecular flexibility index (Phi) is 6.49. The summed E-state index contributed by atoms with van der Waals surface area (Å²) in [5.41, 5.74) is 2.07. The lowest BCUT2D eigenvalue weighted by atomic mass is 10.0. The van der Waals surface area contributed by atoms with Crippen LogP contribution in [-0.4, -0.2) is 43.5 Å². The second-order valence-corrected chi connectivity index (χ2v) is 8.62. The molecule has 0 aromatic heterocycles. The first kappa shape index (κ1) is 21.9. The number of rotatable bonds is 7. The summed E-state index contributed by atoms with van der Waals surface area (Å²) in [5, 5.41) is 0. The van der Waals surface area contributed by atoms with Gasteiger partial charge in [-0.3, -0.25) is 9.59 Å². The smallest absolute Gasteiger partial charge is 0.282 e. The maximum atomic E-state index is 13.7. The van der Waals surface area contributed by atoms with Gasteiger partial charge >= 0.3 is 0 Å². The fourth-order valence-corrected chi connectivity index (χ4v) is 4.21. The van der Waals surface area contributed by atoms with Crippen molar-refractivity contribution >= 4 is 23.1 Å². The Bertz CT molecular complexity index is 1020. The molecule has 0 aliphatic carbocycles. The average Bonchev–Trinajstić information content (AvgIpc) is 3.08. The molecule has 0 spiro atoms. The van der Waals surface area contributed by atoms with Gasteiger partial charge in [-0.25, -0.2) is 4.90 Å². The van der Waals surface area contributed by atoms with Crippen LogP contribution in [-0.2, 0) is 9.59 Å². The van der Waals surface area contributed by atoms with Crippen LogP contribution in [0.3, 0.4) is 0 Å². The normalized spacial score (nSPS) is 16.9. The van der Waals surface area contributed by atoms with Gasteiger partial charge in [0.15, 0.2) is 0 Å². The topological polar surface area (TPSA) is 59.1 Å². The number of likely N-dealkylation sites (tertiary alicyclic amines) is 1. The zero-order valence-electron chi connectivity index (χ0n) is 19.0. The standard InChI is InChI=1S/C26H30N2O4/c1-18(2)17-32-20-13-11-19(12-14-20)28-25(29)23(21-9-5-6-10-22(21)31-3)24(26(28)30)27-15-7-4-8-16-27/h5-6,9-14,18H,4,7-8,15-17H2,1-3H3. The number of carbonyl (C=O) groups is 2. The molecule has 168 valence electrons. The summed E-state index contributed by atoms with van der Waals surface area (Å²) in [6, 6.07) is 14.5. The molecule has 2 amide bonds. The molecule has 2 aromatic carbocycles. The number of imide groups is 1. The third kappa shape index (κ3) is 4.22. The van der Waals surface area contributed by atoms with E-state index in [4.69, 9.17) is 9.47 Å². The van der Waals surface area contributed by atoms with E-state index in [0.29, 0.717) is 40.8 Å². The van der Waals surface area contributed by atoms with E-state index in [2.05, 4.69) is 18.7 Å². The van der Waals surface area contributed by atoms with E-state index in [0.717, 1.165) is 38.1 Å². The molecular formula is C26H30N2O4. The Morgan fingerprint density at radius 2 is 1.59 bits per heavy atom. The van der Waals surface area contributed by atoms with Gasteiger partial charge in [-0.2, -0.15) is 0 Å². The molecule has 6 nitrogen and oxygen atoms in total. The number of carbonyl (C=O) groups excluding carboxylic acids is 2. The highest BCUT2D eigenvalue weighted by atomic mass is 16.5. The number of hydrogen-bond acceptors (Lipinski definition) is 5. The van der Waals surface area contributed by atoms with Crippen molar-refractivity contribution in [3.8, 4) is 11.5 Å². The van der Waals surface area contributed by atoms with Gasteiger partial charge in [0.25, 0.3) is 11.8 Å². The highest BCUT2D eigenvalue weighted by Crippen LogP contribution is 2.39. The Hall–Kier alpha value is -3.28. The third-order valence-electron chi connectivity index (χ3n) is 5.79. The number of ether oxygens (including phenoxy) is 2. The molecule has 32 heavy (non-hydrogen) atoms. The first-order valence-electron chi connectivity index (χ1n) is 11.3. The Balaban J connectivity index is 1.72. The number of benzene rings is 2. The average molecular weight is 435 g/mol. The van der Waals surface area contributed by atoms with Crippen molar-refractivity contribution in [1.29, 1.82) is 0 Å². The summed E-state index contributed by atoms with van der Waals surface area (Å²) < 4.78 is 11.3. The van der Waals surface area contributed by atoms with Crippen LogP contribution in [0, 0.1) is 5.92 Å². The van der Waals surface area contributed by atoms with E-state index >= 15 is 0 Å². The molecule has 0 radical (unpaired) electrons. The molecule has 2 aliphatic rings. The monoisotopic (exact) mass is 434 g/mol. The molecule has 1 fully saturated rings. The van der Waals surface area contributed by atoms with Gasteiger partial charge < -0.3 is 14.4 Å². The van der Waals surface area contributed by atoms with Crippen molar-refractivity contribution in [1.82, 2.24) is 4.90 Å². The summed E-state index contributed by atoms with van der Waals surface area (Å²) in [6.07, 6.45) is 3.15. The van der Waals surface area contributed by atoms with Crippen molar-refractivity contribution in [2.75, 3.05) is 31.7 Å². The largest absolute Gasteiger partial charge is 0.496 e. The fraction of sp³-hybridized carbons (Fsp3) is 0.385. The van der Waals surface area contributed by atoms with E-state index < -0.39 is 0 Å². The van der Waals surface area contributed by atoms with Gasteiger partial charge in [0.05, 0.1) is 25.0 Å². The second kappa shape index (κ2) is 9.47. The van der Waals surface area contributed by atoms with Crippen LogP contribution in [0.25, 0.3) is 5.57 Å².